The maximum absolute atomic E-state index is 12.5. The number of benzene rings is 1. The Hall–Kier alpha value is -3.47. The predicted molar refractivity (Wildman–Crippen MR) is 116 cm³/mol. The fourth-order valence-electron chi connectivity index (χ4n) is 2.66. The smallest absolute Gasteiger partial charge is 0.483 e. The molecule has 0 spiro atoms. The van der Waals surface area contributed by atoms with E-state index in [1.54, 1.807) is 6.92 Å². The van der Waals surface area contributed by atoms with E-state index in [1.807, 2.05) is 24.3 Å². The van der Waals surface area contributed by atoms with Crippen molar-refractivity contribution < 1.29 is 22.7 Å². The molecule has 0 atom stereocenters. The Bertz CT molecular complexity index is 1060. The van der Waals surface area contributed by atoms with E-state index in [-0.39, 0.29) is 16.2 Å². The van der Waals surface area contributed by atoms with Gasteiger partial charge in [0.05, 0.1) is 6.54 Å². The summed E-state index contributed by atoms with van der Waals surface area (Å²) in [6.45, 7) is 7.20. The standard InChI is InChI=1S/C22H21F3N2O3.C2H4/c1-15-11-19(30-14-21(29)26(2)22(23,24)25)12-20(28)27(15)13-18-9-7-17(8-10-18)6-5-16-3-4-16;1-2/h7-12,16H,3-4,13-14H2,1-2H3;1-2H2. The molecule has 0 unspecified atom stereocenters. The van der Waals surface area contributed by atoms with Gasteiger partial charge in [0.15, 0.2) is 6.61 Å². The number of hydrogen-bond donors (Lipinski definition) is 0. The van der Waals surface area contributed by atoms with E-state index < -0.39 is 18.8 Å². The topological polar surface area (TPSA) is 51.5 Å². The van der Waals surface area contributed by atoms with E-state index in [1.165, 1.54) is 23.5 Å². The quantitative estimate of drug-likeness (QED) is 0.394. The molecule has 1 heterocycles. The Kier molecular flexibility index (Phi) is 8.30. The lowest BCUT2D eigenvalue weighted by Crippen LogP contribution is -2.42. The molecule has 5 nitrogen and oxygen atoms in total. The Labute approximate surface area is 185 Å². The third-order valence-corrected chi connectivity index (χ3v) is 4.72. The number of carbonyl (C=O) groups is 1. The predicted octanol–water partition coefficient (Wildman–Crippen LogP) is 4.13. The molecule has 1 fully saturated rings. The average Bonchev–Trinajstić information content (AvgIpc) is 3.59. The van der Waals surface area contributed by atoms with Crippen LogP contribution in [0, 0.1) is 24.7 Å². The highest BCUT2D eigenvalue weighted by Crippen LogP contribution is 2.27. The van der Waals surface area contributed by atoms with Gasteiger partial charge >= 0.3 is 6.30 Å². The number of hydrogen-bond acceptors (Lipinski definition) is 3. The van der Waals surface area contributed by atoms with Gasteiger partial charge in [-0.25, -0.2) is 0 Å². The summed E-state index contributed by atoms with van der Waals surface area (Å²) in [6.07, 6.45) is -2.45. The van der Waals surface area contributed by atoms with Crippen molar-refractivity contribution in [2.75, 3.05) is 13.7 Å². The van der Waals surface area contributed by atoms with Gasteiger partial charge in [0.25, 0.3) is 11.5 Å². The summed E-state index contributed by atoms with van der Waals surface area (Å²) in [4.78, 5) is 23.6. The molecular formula is C24H25F3N2O3. The average molecular weight is 446 g/mol. The third-order valence-electron chi connectivity index (χ3n) is 4.72. The monoisotopic (exact) mass is 446 g/mol. The van der Waals surface area contributed by atoms with Crippen LogP contribution in [0.1, 0.15) is 29.7 Å². The summed E-state index contributed by atoms with van der Waals surface area (Å²) in [5.41, 5.74) is 2.02. The molecule has 0 aliphatic heterocycles. The van der Waals surface area contributed by atoms with Crippen molar-refractivity contribution in [1.29, 1.82) is 0 Å². The molecule has 0 N–H and O–H groups in total. The van der Waals surface area contributed by atoms with Crippen molar-refractivity contribution in [2.45, 2.75) is 32.6 Å². The van der Waals surface area contributed by atoms with Gasteiger partial charge < -0.3 is 9.30 Å². The van der Waals surface area contributed by atoms with Crippen LogP contribution in [0.4, 0.5) is 13.2 Å². The number of halogens is 3. The number of carbonyl (C=O) groups excluding carboxylic acids is 1. The molecule has 1 amide bonds. The number of pyridine rings is 1. The van der Waals surface area contributed by atoms with E-state index in [0.29, 0.717) is 25.2 Å². The maximum Gasteiger partial charge on any atom is 0.486 e. The van der Waals surface area contributed by atoms with Crippen molar-refractivity contribution in [3.63, 3.8) is 0 Å². The van der Waals surface area contributed by atoms with Crippen molar-refractivity contribution in [3.8, 4) is 17.6 Å². The Morgan fingerprint density at radius 1 is 1.22 bits per heavy atom. The largest absolute Gasteiger partial charge is 0.486 e. The first kappa shape index (κ1) is 24.8. The minimum Gasteiger partial charge on any atom is -0.483 e. The molecule has 3 rings (SSSR count). The summed E-state index contributed by atoms with van der Waals surface area (Å²) < 4.78 is 44.1. The molecule has 32 heavy (non-hydrogen) atoms. The molecule has 1 aliphatic rings. The first-order valence-electron chi connectivity index (χ1n) is 9.91. The zero-order valence-electron chi connectivity index (χ0n) is 18.0. The minimum atomic E-state index is -4.78. The van der Waals surface area contributed by atoms with E-state index in [4.69, 9.17) is 4.74 Å². The van der Waals surface area contributed by atoms with Crippen LogP contribution in [0.25, 0.3) is 0 Å². The molecule has 2 aromatic rings. The second-order valence-corrected chi connectivity index (χ2v) is 7.21. The normalized spacial score (nSPS) is 12.7. The van der Waals surface area contributed by atoms with Crippen LogP contribution in [-0.2, 0) is 11.3 Å². The van der Waals surface area contributed by atoms with Gasteiger partial charge in [0, 0.05) is 30.3 Å². The molecule has 170 valence electrons. The Balaban J connectivity index is 0.00000176. The van der Waals surface area contributed by atoms with Gasteiger partial charge in [-0.05, 0) is 43.5 Å². The van der Waals surface area contributed by atoms with Gasteiger partial charge in [0.1, 0.15) is 5.75 Å². The second kappa shape index (κ2) is 10.7. The van der Waals surface area contributed by atoms with Crippen molar-refractivity contribution in [2.24, 2.45) is 5.92 Å². The molecule has 0 bridgehead atoms. The lowest BCUT2D eigenvalue weighted by molar-refractivity contribution is -0.234. The van der Waals surface area contributed by atoms with Crippen LogP contribution in [-0.4, -0.2) is 35.3 Å². The number of likely N-dealkylation sites (N-methyl/N-ethyl adjacent to an activating group) is 1. The lowest BCUT2D eigenvalue weighted by atomic mass is 10.1. The van der Waals surface area contributed by atoms with Gasteiger partial charge in [-0.2, -0.15) is 0 Å². The molecule has 1 aromatic heterocycles. The lowest BCUT2D eigenvalue weighted by Gasteiger charge is -2.20. The molecule has 8 heteroatoms. The highest BCUT2D eigenvalue weighted by atomic mass is 19.4. The van der Waals surface area contributed by atoms with Crippen molar-refractivity contribution in [3.05, 3.63) is 76.7 Å². The second-order valence-electron chi connectivity index (χ2n) is 7.21. The zero-order valence-corrected chi connectivity index (χ0v) is 18.0. The zero-order chi connectivity index (χ0) is 23.9. The molecule has 1 aromatic carbocycles. The molecule has 1 aliphatic carbocycles. The van der Waals surface area contributed by atoms with E-state index in [2.05, 4.69) is 25.0 Å². The first-order chi connectivity index (χ1) is 15.1. The summed E-state index contributed by atoms with van der Waals surface area (Å²) >= 11 is 0. The molecule has 0 radical (unpaired) electrons. The fourth-order valence-corrected chi connectivity index (χ4v) is 2.66. The molecule has 1 saturated carbocycles. The number of rotatable bonds is 5. The van der Waals surface area contributed by atoms with Crippen LogP contribution in [0.2, 0.25) is 0 Å². The van der Waals surface area contributed by atoms with E-state index >= 15 is 0 Å². The third kappa shape index (κ3) is 7.05. The van der Waals surface area contributed by atoms with Crippen LogP contribution < -0.4 is 10.3 Å². The Morgan fingerprint density at radius 3 is 2.38 bits per heavy atom. The minimum absolute atomic E-state index is 0.0448. The molecule has 0 saturated heterocycles. The summed E-state index contributed by atoms with van der Waals surface area (Å²) in [6, 6.07) is 10.3. The van der Waals surface area contributed by atoms with E-state index in [9.17, 15) is 22.8 Å². The number of aryl methyl sites for hydroxylation is 1. The summed E-state index contributed by atoms with van der Waals surface area (Å²) in [5.74, 6) is 5.64. The number of ether oxygens (including phenoxy) is 1. The fraction of sp³-hybridized carbons (Fsp3) is 0.333. The number of aromatic nitrogens is 1. The summed E-state index contributed by atoms with van der Waals surface area (Å²) in [7, 11) is 0.623. The number of nitrogens with zero attached hydrogens (tertiary/aromatic N) is 2. The SMILES string of the molecule is C=C.Cc1cc(OCC(=O)N(C)C(F)(F)F)cc(=O)n1Cc1ccc(C#CC2CC2)cc1. The Morgan fingerprint density at radius 2 is 1.84 bits per heavy atom. The van der Waals surface area contributed by atoms with E-state index in [0.717, 1.165) is 17.2 Å². The highest BCUT2D eigenvalue weighted by molar-refractivity contribution is 5.77. The maximum atomic E-state index is 12.5. The van der Waals surface area contributed by atoms with Gasteiger partial charge in [-0.3, -0.25) is 14.5 Å². The highest BCUT2D eigenvalue weighted by Gasteiger charge is 2.37. The van der Waals surface area contributed by atoms with Crippen LogP contribution in [0.3, 0.4) is 0 Å². The number of amides is 1. The number of alkyl halides is 3. The van der Waals surface area contributed by atoms with Gasteiger partial charge in [-0.1, -0.05) is 24.0 Å². The van der Waals surface area contributed by atoms with Crippen LogP contribution in [0.5, 0.6) is 5.75 Å². The summed E-state index contributed by atoms with van der Waals surface area (Å²) in [5, 5.41) is 0. The van der Waals surface area contributed by atoms with Crippen LogP contribution >= 0.6 is 0 Å². The van der Waals surface area contributed by atoms with Crippen molar-refractivity contribution >= 4 is 5.91 Å². The molecular weight excluding hydrogens is 421 g/mol. The first-order valence-corrected chi connectivity index (χ1v) is 9.91. The van der Waals surface area contributed by atoms with Gasteiger partial charge in [0.2, 0.25) is 0 Å². The van der Waals surface area contributed by atoms with Crippen molar-refractivity contribution in [1.82, 2.24) is 9.47 Å². The van der Waals surface area contributed by atoms with Gasteiger partial charge in [-0.15, -0.1) is 26.3 Å². The van der Waals surface area contributed by atoms with Crippen LogP contribution in [0.15, 0.2) is 54.4 Å².